The van der Waals surface area contributed by atoms with E-state index in [0.29, 0.717) is 5.56 Å². The summed E-state index contributed by atoms with van der Waals surface area (Å²) >= 11 is 0. The summed E-state index contributed by atoms with van der Waals surface area (Å²) in [6.45, 7) is 3.60. The molecule has 0 atom stereocenters. The van der Waals surface area contributed by atoms with Crippen LogP contribution in [0.2, 0.25) is 0 Å². The van der Waals surface area contributed by atoms with Crippen LogP contribution in [0.3, 0.4) is 0 Å². The minimum absolute atomic E-state index is 0.0166. The van der Waals surface area contributed by atoms with Crippen LogP contribution in [0.1, 0.15) is 18.4 Å². The lowest BCUT2D eigenvalue weighted by molar-refractivity contribution is -0.383. The Hall–Kier alpha value is -2.44. The molecule has 1 rings (SSSR count). The third kappa shape index (κ3) is 3.85. The van der Waals surface area contributed by atoms with E-state index in [1.54, 1.807) is 0 Å². The molecule has 0 spiro atoms. The predicted molar refractivity (Wildman–Crippen MR) is 63.1 cm³/mol. The van der Waals surface area contributed by atoms with E-state index in [0.717, 1.165) is 0 Å². The fraction of sp³-hybridized carbons (Fsp3) is 0.182. The second kappa shape index (κ2) is 5.76. The molecule has 0 heterocycles. The van der Waals surface area contributed by atoms with Gasteiger partial charge in [-0.2, -0.15) is 0 Å². The molecule has 18 heavy (non-hydrogen) atoms. The number of nitrogens with zero attached hydrogens (tertiary/aromatic N) is 1. The lowest BCUT2D eigenvalue weighted by Crippen LogP contribution is -2.14. The highest BCUT2D eigenvalue weighted by molar-refractivity contribution is 5.94. The predicted octanol–water partition coefficient (Wildman–Crippen LogP) is 1.58. The van der Waals surface area contributed by atoms with Gasteiger partial charge in [0.25, 0.3) is 5.69 Å². The van der Waals surface area contributed by atoms with Crippen molar-refractivity contribution in [1.82, 2.24) is 0 Å². The number of benzene rings is 1. The van der Waals surface area contributed by atoms with Crippen molar-refractivity contribution in [3.63, 3.8) is 0 Å². The summed E-state index contributed by atoms with van der Waals surface area (Å²) in [4.78, 5) is 31.8. The average molecular weight is 251 g/mol. The maximum atomic E-state index is 11.4. The van der Waals surface area contributed by atoms with Crippen LogP contribution in [0.5, 0.6) is 0 Å². The number of hydrogen-bond acceptors (Lipinski definition) is 4. The van der Waals surface area contributed by atoms with E-state index < -0.39 is 16.8 Å². The Bertz CT molecular complexity index is 498. The van der Waals surface area contributed by atoms with Crippen LogP contribution in [-0.4, -0.2) is 21.9 Å². The zero-order valence-corrected chi connectivity index (χ0v) is 9.38. The monoisotopic (exact) mass is 251 g/mol. The number of nitro benzene ring substituents is 1. The lowest BCUT2D eigenvalue weighted by atomic mass is 10.2. The van der Waals surface area contributed by atoms with Gasteiger partial charge in [0.05, 0.1) is 11.3 Å². The lowest BCUT2D eigenvalue weighted by Gasteiger charge is -2.06. The molecule has 0 aromatic heterocycles. The number of carbonyl (C=O) groups excluding carboxylic acids is 1. The van der Waals surface area contributed by atoms with Gasteiger partial charge in [-0.05, 0) is 18.6 Å². The highest BCUT2D eigenvalue weighted by Crippen LogP contribution is 2.25. The molecule has 95 valence electrons. The molecule has 0 unspecified atom stereocenters. The molecule has 1 aromatic carbocycles. The van der Waals surface area contributed by atoms with Gasteiger partial charge in [0.2, 0.25) is 5.91 Å². The minimum Gasteiger partial charge on any atom is -0.481 e. The van der Waals surface area contributed by atoms with E-state index in [1.807, 2.05) is 0 Å². The van der Waals surface area contributed by atoms with Gasteiger partial charge in [0.1, 0.15) is 5.69 Å². The molecule has 1 aromatic rings. The average Bonchev–Trinajstić information content (AvgIpc) is 2.26. The molecule has 1 radical (unpaired) electrons. The summed E-state index contributed by atoms with van der Waals surface area (Å²) < 4.78 is 0. The van der Waals surface area contributed by atoms with Crippen LogP contribution >= 0.6 is 0 Å². The Morgan fingerprint density at radius 1 is 1.39 bits per heavy atom. The molecule has 2 N–H and O–H groups in total. The Balaban J connectivity index is 2.82. The number of amides is 1. The SMILES string of the molecule is [CH2]c1ccc([N+](=O)[O-])c(NC(=O)CCC(=O)O)c1. The second-order valence-corrected chi connectivity index (χ2v) is 3.55. The first-order valence-electron chi connectivity index (χ1n) is 5.02. The molecule has 0 aliphatic heterocycles. The molecule has 7 heteroatoms. The first-order valence-corrected chi connectivity index (χ1v) is 5.02. The standard InChI is InChI=1S/C11H11N2O5/c1-7-2-3-9(13(17)18)8(6-7)12-10(14)4-5-11(15)16/h2-3,6H,1,4-5H2,(H,12,14)(H,15,16). The van der Waals surface area contributed by atoms with Crippen molar-refractivity contribution >= 4 is 23.3 Å². The van der Waals surface area contributed by atoms with Crippen LogP contribution < -0.4 is 5.32 Å². The highest BCUT2D eigenvalue weighted by atomic mass is 16.6. The van der Waals surface area contributed by atoms with Crippen LogP contribution in [0.4, 0.5) is 11.4 Å². The number of carboxylic acids is 1. The molecule has 0 saturated heterocycles. The normalized spacial score (nSPS) is 9.83. The van der Waals surface area contributed by atoms with Gasteiger partial charge >= 0.3 is 5.97 Å². The Kier molecular flexibility index (Phi) is 4.36. The first-order chi connectivity index (χ1) is 8.40. The quantitative estimate of drug-likeness (QED) is 0.609. The molecular formula is C11H11N2O5. The van der Waals surface area contributed by atoms with Crippen molar-refractivity contribution < 1.29 is 19.6 Å². The summed E-state index contributed by atoms with van der Waals surface area (Å²) in [5, 5.41) is 21.4. The zero-order chi connectivity index (χ0) is 13.7. The fourth-order valence-electron chi connectivity index (χ4n) is 1.28. The van der Waals surface area contributed by atoms with Crippen LogP contribution in [0.15, 0.2) is 18.2 Å². The van der Waals surface area contributed by atoms with Crippen molar-refractivity contribution in [2.45, 2.75) is 12.8 Å². The van der Waals surface area contributed by atoms with Crippen molar-refractivity contribution in [2.75, 3.05) is 5.32 Å². The van der Waals surface area contributed by atoms with Crippen LogP contribution in [0.25, 0.3) is 0 Å². The van der Waals surface area contributed by atoms with E-state index in [4.69, 9.17) is 5.11 Å². The van der Waals surface area contributed by atoms with Gasteiger partial charge in [-0.1, -0.05) is 6.07 Å². The Morgan fingerprint density at radius 2 is 2.06 bits per heavy atom. The van der Waals surface area contributed by atoms with Crippen molar-refractivity contribution in [3.05, 3.63) is 40.8 Å². The minimum atomic E-state index is -1.11. The van der Waals surface area contributed by atoms with Gasteiger partial charge in [-0.3, -0.25) is 19.7 Å². The summed E-state index contributed by atoms with van der Waals surface area (Å²) in [6, 6.07) is 4.04. The molecule has 0 aliphatic rings. The molecule has 0 bridgehead atoms. The van der Waals surface area contributed by atoms with Gasteiger partial charge in [0.15, 0.2) is 0 Å². The number of carboxylic acid groups (broad SMARTS) is 1. The number of anilines is 1. The van der Waals surface area contributed by atoms with Gasteiger partial charge < -0.3 is 10.4 Å². The first kappa shape index (κ1) is 13.6. The highest BCUT2D eigenvalue weighted by Gasteiger charge is 2.16. The van der Waals surface area contributed by atoms with E-state index >= 15 is 0 Å². The molecule has 7 nitrogen and oxygen atoms in total. The van der Waals surface area contributed by atoms with E-state index in [-0.39, 0.29) is 24.2 Å². The number of carbonyl (C=O) groups is 2. The number of nitro groups is 1. The Labute approximate surface area is 103 Å². The van der Waals surface area contributed by atoms with Gasteiger partial charge in [0, 0.05) is 12.5 Å². The summed E-state index contributed by atoms with van der Waals surface area (Å²) in [6.07, 6.45) is -0.572. The molecule has 0 aliphatic carbocycles. The second-order valence-electron chi connectivity index (χ2n) is 3.55. The Morgan fingerprint density at radius 3 is 2.61 bits per heavy atom. The number of rotatable bonds is 5. The molecular weight excluding hydrogens is 240 g/mol. The zero-order valence-electron chi connectivity index (χ0n) is 9.38. The van der Waals surface area contributed by atoms with E-state index in [9.17, 15) is 19.7 Å². The summed E-state index contributed by atoms with van der Waals surface area (Å²) in [7, 11) is 0. The van der Waals surface area contributed by atoms with E-state index in [2.05, 4.69) is 12.2 Å². The number of hydrogen-bond donors (Lipinski definition) is 2. The third-order valence-corrected chi connectivity index (χ3v) is 2.10. The van der Waals surface area contributed by atoms with Gasteiger partial charge in [-0.25, -0.2) is 0 Å². The number of nitrogens with one attached hydrogen (secondary N) is 1. The maximum Gasteiger partial charge on any atom is 0.303 e. The fourth-order valence-corrected chi connectivity index (χ4v) is 1.28. The van der Waals surface area contributed by atoms with Crippen molar-refractivity contribution in [2.24, 2.45) is 0 Å². The topological polar surface area (TPSA) is 110 Å². The van der Waals surface area contributed by atoms with Gasteiger partial charge in [-0.15, -0.1) is 0 Å². The largest absolute Gasteiger partial charge is 0.481 e. The molecule has 0 saturated carbocycles. The van der Waals surface area contributed by atoms with E-state index in [1.165, 1.54) is 18.2 Å². The molecule has 1 amide bonds. The van der Waals surface area contributed by atoms with Crippen LogP contribution in [-0.2, 0) is 9.59 Å². The maximum absolute atomic E-state index is 11.4. The summed E-state index contributed by atoms with van der Waals surface area (Å²) in [5.41, 5.74) is 0.267. The summed E-state index contributed by atoms with van der Waals surface area (Å²) in [5.74, 6) is -1.70. The third-order valence-electron chi connectivity index (χ3n) is 2.10. The number of aliphatic carboxylic acids is 1. The smallest absolute Gasteiger partial charge is 0.303 e. The molecule has 0 fully saturated rings. The van der Waals surface area contributed by atoms with Crippen molar-refractivity contribution in [1.29, 1.82) is 0 Å². The van der Waals surface area contributed by atoms with Crippen molar-refractivity contribution in [3.8, 4) is 0 Å². The van der Waals surface area contributed by atoms with Crippen LogP contribution in [0, 0.1) is 17.0 Å².